The second-order valence-corrected chi connectivity index (χ2v) is 5.55. The van der Waals surface area contributed by atoms with Crippen molar-refractivity contribution in [1.29, 1.82) is 0 Å². The van der Waals surface area contributed by atoms with E-state index in [-0.39, 0.29) is 25.0 Å². The molecule has 0 unspecified atom stereocenters. The Bertz CT molecular complexity index is 711. The van der Waals surface area contributed by atoms with Crippen molar-refractivity contribution in [2.45, 2.75) is 0 Å². The zero-order valence-electron chi connectivity index (χ0n) is 12.6. The first-order valence-electron chi connectivity index (χ1n) is 7.09. The van der Waals surface area contributed by atoms with E-state index in [1.807, 2.05) is 0 Å². The Morgan fingerprint density at radius 3 is 2.46 bits per heavy atom. The van der Waals surface area contributed by atoms with Crippen molar-refractivity contribution < 1.29 is 14.3 Å². The zero-order valence-corrected chi connectivity index (χ0v) is 14.1. The van der Waals surface area contributed by atoms with Crippen molar-refractivity contribution in [2.24, 2.45) is 0 Å². The van der Waals surface area contributed by atoms with Crippen LogP contribution in [0.3, 0.4) is 0 Å². The summed E-state index contributed by atoms with van der Waals surface area (Å²) in [5, 5.41) is 6.14. The lowest BCUT2D eigenvalue weighted by atomic mass is 10.2. The highest BCUT2D eigenvalue weighted by molar-refractivity contribution is 6.35. The summed E-state index contributed by atoms with van der Waals surface area (Å²) in [7, 11) is 0. The van der Waals surface area contributed by atoms with Gasteiger partial charge in [0.05, 0.1) is 5.02 Å². The molecule has 0 saturated carbocycles. The number of hydrogen-bond donors (Lipinski definition) is 2. The number of benzene rings is 1. The number of halogens is 2. The molecule has 2 N–H and O–H groups in total. The van der Waals surface area contributed by atoms with Gasteiger partial charge < -0.3 is 15.4 Å². The smallest absolute Gasteiger partial charge is 0.258 e. The molecule has 1 aromatic heterocycles. The lowest BCUT2D eigenvalue weighted by Crippen LogP contribution is -2.36. The number of nitrogens with zero attached hydrogens (tertiary/aromatic N) is 1. The van der Waals surface area contributed by atoms with Crippen LogP contribution in [-0.4, -0.2) is 36.5 Å². The number of pyridine rings is 1. The first kappa shape index (κ1) is 18.0. The van der Waals surface area contributed by atoms with E-state index in [1.165, 1.54) is 18.5 Å². The van der Waals surface area contributed by atoms with E-state index in [0.717, 1.165) is 0 Å². The molecule has 1 heterocycles. The Morgan fingerprint density at radius 2 is 1.75 bits per heavy atom. The molecule has 24 heavy (non-hydrogen) atoms. The Balaban J connectivity index is 1.65. The van der Waals surface area contributed by atoms with Gasteiger partial charge in [0, 0.05) is 36.1 Å². The fourth-order valence-corrected chi connectivity index (χ4v) is 2.23. The van der Waals surface area contributed by atoms with Gasteiger partial charge in [0.1, 0.15) is 5.75 Å². The van der Waals surface area contributed by atoms with Crippen molar-refractivity contribution in [3.8, 4) is 5.75 Å². The maximum atomic E-state index is 11.8. The molecule has 2 amide bonds. The fraction of sp³-hybridized carbons (Fsp3) is 0.188. The summed E-state index contributed by atoms with van der Waals surface area (Å²) in [5.41, 5.74) is 0.511. The molecule has 1 aromatic carbocycles. The van der Waals surface area contributed by atoms with Crippen molar-refractivity contribution in [3.05, 3.63) is 58.3 Å². The van der Waals surface area contributed by atoms with Gasteiger partial charge in [-0.25, -0.2) is 0 Å². The van der Waals surface area contributed by atoms with Gasteiger partial charge in [-0.3, -0.25) is 14.6 Å². The number of carbonyl (C=O) groups is 2. The van der Waals surface area contributed by atoms with E-state index in [1.54, 1.807) is 24.3 Å². The molecule has 0 aliphatic heterocycles. The molecule has 0 spiro atoms. The highest BCUT2D eigenvalue weighted by Crippen LogP contribution is 2.27. The Morgan fingerprint density at radius 1 is 1.04 bits per heavy atom. The van der Waals surface area contributed by atoms with Gasteiger partial charge >= 0.3 is 0 Å². The number of nitrogens with one attached hydrogen (secondary N) is 2. The van der Waals surface area contributed by atoms with E-state index < -0.39 is 0 Å². The molecule has 2 aromatic rings. The molecule has 0 atom stereocenters. The molecule has 0 radical (unpaired) electrons. The molecular weight excluding hydrogens is 353 g/mol. The van der Waals surface area contributed by atoms with E-state index in [0.29, 0.717) is 27.9 Å². The van der Waals surface area contributed by atoms with Crippen molar-refractivity contribution >= 4 is 35.0 Å². The average molecular weight is 368 g/mol. The predicted octanol–water partition coefficient (Wildman–Crippen LogP) is 2.31. The van der Waals surface area contributed by atoms with E-state index in [9.17, 15) is 9.59 Å². The molecule has 0 fully saturated rings. The maximum absolute atomic E-state index is 11.8. The monoisotopic (exact) mass is 367 g/mol. The van der Waals surface area contributed by atoms with Crippen LogP contribution in [0.5, 0.6) is 5.75 Å². The maximum Gasteiger partial charge on any atom is 0.258 e. The van der Waals surface area contributed by atoms with Crippen molar-refractivity contribution in [3.63, 3.8) is 0 Å². The van der Waals surface area contributed by atoms with Crippen LogP contribution in [0.1, 0.15) is 10.4 Å². The topological polar surface area (TPSA) is 80.3 Å². The van der Waals surface area contributed by atoms with Gasteiger partial charge in [0.2, 0.25) is 0 Å². The van der Waals surface area contributed by atoms with E-state index >= 15 is 0 Å². The van der Waals surface area contributed by atoms with E-state index in [2.05, 4.69) is 15.6 Å². The van der Waals surface area contributed by atoms with Gasteiger partial charge in [-0.1, -0.05) is 23.2 Å². The second kappa shape index (κ2) is 9.10. The van der Waals surface area contributed by atoms with Crippen molar-refractivity contribution in [2.75, 3.05) is 19.7 Å². The minimum atomic E-state index is -0.320. The molecule has 8 heteroatoms. The molecule has 0 bridgehead atoms. The van der Waals surface area contributed by atoms with Crippen molar-refractivity contribution in [1.82, 2.24) is 15.6 Å². The Hall–Kier alpha value is -2.31. The molecule has 2 rings (SSSR count). The SMILES string of the molecule is O=C(COc1ccc(Cl)cc1Cl)NCCNC(=O)c1ccncc1. The molecular formula is C16H15Cl2N3O3. The lowest BCUT2D eigenvalue weighted by Gasteiger charge is -2.09. The van der Waals surface area contributed by atoms with Gasteiger partial charge in [0.15, 0.2) is 6.61 Å². The number of carbonyl (C=O) groups excluding carboxylic acids is 2. The quantitative estimate of drug-likeness (QED) is 0.735. The third-order valence-corrected chi connectivity index (χ3v) is 3.46. The summed E-state index contributed by atoms with van der Waals surface area (Å²) in [4.78, 5) is 27.3. The number of amides is 2. The highest BCUT2D eigenvalue weighted by atomic mass is 35.5. The lowest BCUT2D eigenvalue weighted by molar-refractivity contribution is -0.123. The summed E-state index contributed by atoms with van der Waals surface area (Å²) in [6.07, 6.45) is 3.08. The third-order valence-electron chi connectivity index (χ3n) is 2.93. The number of rotatable bonds is 7. The average Bonchev–Trinajstić information content (AvgIpc) is 2.58. The zero-order chi connectivity index (χ0) is 17.4. The predicted molar refractivity (Wildman–Crippen MR) is 91.5 cm³/mol. The number of aromatic nitrogens is 1. The summed E-state index contributed by atoms with van der Waals surface area (Å²) in [6, 6.07) is 7.96. The summed E-state index contributed by atoms with van der Waals surface area (Å²) in [6.45, 7) is 0.404. The first-order valence-corrected chi connectivity index (χ1v) is 7.84. The Labute approximate surface area is 149 Å². The molecule has 6 nitrogen and oxygen atoms in total. The van der Waals surface area contributed by atoms with Crippen LogP contribution in [0.4, 0.5) is 0 Å². The minimum absolute atomic E-state index is 0.181. The van der Waals surface area contributed by atoms with Gasteiger partial charge in [0.25, 0.3) is 11.8 Å². The highest BCUT2D eigenvalue weighted by Gasteiger charge is 2.07. The summed E-state index contributed by atoms with van der Waals surface area (Å²) >= 11 is 11.7. The van der Waals surface area contributed by atoms with Crippen LogP contribution in [0, 0.1) is 0 Å². The first-order chi connectivity index (χ1) is 11.6. The number of ether oxygens (including phenoxy) is 1. The van der Waals surface area contributed by atoms with Gasteiger partial charge in [-0.2, -0.15) is 0 Å². The van der Waals surface area contributed by atoms with Gasteiger partial charge in [-0.05, 0) is 30.3 Å². The fourth-order valence-electron chi connectivity index (χ4n) is 1.77. The second-order valence-electron chi connectivity index (χ2n) is 4.71. The molecule has 0 saturated heterocycles. The third kappa shape index (κ3) is 5.72. The normalized spacial score (nSPS) is 10.1. The van der Waals surface area contributed by atoms with Crippen LogP contribution < -0.4 is 15.4 Å². The Kier molecular flexibility index (Phi) is 6.84. The van der Waals surface area contributed by atoms with Crippen LogP contribution in [0.2, 0.25) is 10.0 Å². The molecule has 126 valence electrons. The summed E-state index contributed by atoms with van der Waals surface area (Å²) < 4.78 is 5.30. The summed E-state index contributed by atoms with van der Waals surface area (Å²) in [5.74, 6) is -0.169. The largest absolute Gasteiger partial charge is 0.482 e. The molecule has 0 aliphatic carbocycles. The van der Waals surface area contributed by atoms with E-state index in [4.69, 9.17) is 27.9 Å². The standard InChI is InChI=1S/C16H15Cl2N3O3/c17-12-1-2-14(13(18)9-12)24-10-15(22)20-7-8-21-16(23)11-3-5-19-6-4-11/h1-6,9H,7-8,10H2,(H,20,22)(H,21,23). The molecule has 0 aliphatic rings. The minimum Gasteiger partial charge on any atom is -0.482 e. The van der Waals surface area contributed by atoms with Crippen LogP contribution in [0.15, 0.2) is 42.7 Å². The number of hydrogen-bond acceptors (Lipinski definition) is 4. The van der Waals surface area contributed by atoms with Crippen LogP contribution in [0.25, 0.3) is 0 Å². The van der Waals surface area contributed by atoms with Crippen LogP contribution in [-0.2, 0) is 4.79 Å². The van der Waals surface area contributed by atoms with Crippen LogP contribution >= 0.6 is 23.2 Å². The van der Waals surface area contributed by atoms with Gasteiger partial charge in [-0.15, -0.1) is 0 Å².